The Morgan fingerprint density at radius 1 is 1.53 bits per heavy atom. The van der Waals surface area contributed by atoms with Gasteiger partial charge in [0.2, 0.25) is 0 Å². The van der Waals surface area contributed by atoms with Crippen molar-refractivity contribution in [3.8, 4) is 0 Å². The molecule has 0 unspecified atom stereocenters. The number of aromatic nitrogens is 1. The van der Waals surface area contributed by atoms with Gasteiger partial charge in [-0.1, -0.05) is 29.3 Å². The van der Waals surface area contributed by atoms with Gasteiger partial charge in [-0.2, -0.15) is 0 Å². The topological polar surface area (TPSA) is 33.2 Å². The minimum Gasteiger partial charge on any atom is -0.331 e. The maximum absolute atomic E-state index is 12.3. The van der Waals surface area contributed by atoms with Gasteiger partial charge < -0.3 is 4.90 Å². The van der Waals surface area contributed by atoms with E-state index in [4.69, 9.17) is 23.2 Å². The van der Waals surface area contributed by atoms with E-state index >= 15 is 0 Å². The molecule has 0 saturated heterocycles. The van der Waals surface area contributed by atoms with E-state index in [-0.39, 0.29) is 22.8 Å². The van der Waals surface area contributed by atoms with Crippen molar-refractivity contribution < 1.29 is 4.79 Å². The molecular weight excluding hydrogens is 259 g/mol. The van der Waals surface area contributed by atoms with Crippen molar-refractivity contribution in [2.24, 2.45) is 0 Å². The zero-order chi connectivity index (χ0) is 12.4. The van der Waals surface area contributed by atoms with Gasteiger partial charge >= 0.3 is 0 Å². The van der Waals surface area contributed by atoms with E-state index in [1.807, 2.05) is 0 Å². The van der Waals surface area contributed by atoms with Crippen LogP contribution in [0.15, 0.2) is 24.8 Å². The van der Waals surface area contributed by atoms with Crippen LogP contribution in [0, 0.1) is 0 Å². The summed E-state index contributed by atoms with van der Waals surface area (Å²) in [7, 11) is 0. The molecular formula is C12H12Cl2N2O. The first kappa shape index (κ1) is 12.4. The molecule has 1 aliphatic rings. The highest BCUT2D eigenvalue weighted by atomic mass is 35.5. The second-order valence-electron chi connectivity index (χ2n) is 3.94. The number of hydrogen-bond donors (Lipinski definition) is 0. The van der Waals surface area contributed by atoms with Gasteiger partial charge in [-0.25, -0.2) is 4.98 Å². The summed E-state index contributed by atoms with van der Waals surface area (Å²) >= 11 is 11.7. The van der Waals surface area contributed by atoms with Gasteiger partial charge in [-0.15, -0.1) is 6.58 Å². The van der Waals surface area contributed by atoms with Crippen LogP contribution in [0.1, 0.15) is 23.3 Å². The summed E-state index contributed by atoms with van der Waals surface area (Å²) < 4.78 is 0. The second kappa shape index (κ2) is 5.07. The standard InChI is InChI=1S/C12H12Cl2N2O/c1-2-7-16(8-3-4-8)12(17)11-9(13)5-6-10(14)15-11/h2,5-6,8H,1,3-4,7H2. The van der Waals surface area contributed by atoms with Gasteiger partial charge in [0.05, 0.1) is 5.02 Å². The zero-order valence-corrected chi connectivity index (χ0v) is 10.7. The largest absolute Gasteiger partial charge is 0.331 e. The van der Waals surface area contributed by atoms with E-state index in [0.29, 0.717) is 11.6 Å². The Kier molecular flexibility index (Phi) is 3.69. The second-order valence-corrected chi connectivity index (χ2v) is 4.74. The number of halogens is 2. The van der Waals surface area contributed by atoms with Crippen molar-refractivity contribution in [1.82, 2.24) is 9.88 Å². The summed E-state index contributed by atoms with van der Waals surface area (Å²) in [6, 6.07) is 3.44. The molecule has 3 nitrogen and oxygen atoms in total. The fourth-order valence-corrected chi connectivity index (χ4v) is 1.96. The molecule has 0 spiro atoms. The van der Waals surface area contributed by atoms with E-state index in [1.54, 1.807) is 23.1 Å². The molecule has 0 radical (unpaired) electrons. The first-order chi connectivity index (χ1) is 8.13. The number of rotatable bonds is 4. The number of nitrogens with zero attached hydrogens (tertiary/aromatic N) is 2. The lowest BCUT2D eigenvalue weighted by Crippen LogP contribution is -2.34. The van der Waals surface area contributed by atoms with E-state index in [9.17, 15) is 4.79 Å². The highest BCUT2D eigenvalue weighted by Crippen LogP contribution is 2.29. The van der Waals surface area contributed by atoms with Gasteiger partial charge in [0.25, 0.3) is 5.91 Å². The zero-order valence-electron chi connectivity index (χ0n) is 9.20. The molecule has 1 aromatic heterocycles. The van der Waals surface area contributed by atoms with E-state index in [1.165, 1.54) is 0 Å². The van der Waals surface area contributed by atoms with Crippen molar-refractivity contribution in [2.75, 3.05) is 6.54 Å². The van der Waals surface area contributed by atoms with Crippen molar-refractivity contribution in [3.05, 3.63) is 40.7 Å². The molecule has 2 rings (SSSR count). The maximum atomic E-state index is 12.3. The van der Waals surface area contributed by atoms with Crippen LogP contribution in [0.25, 0.3) is 0 Å². The summed E-state index contributed by atoms with van der Waals surface area (Å²) in [6.45, 7) is 4.16. The van der Waals surface area contributed by atoms with Gasteiger partial charge in [0.1, 0.15) is 10.8 Å². The quantitative estimate of drug-likeness (QED) is 0.622. The molecule has 1 fully saturated rings. The van der Waals surface area contributed by atoms with Crippen LogP contribution in [0.3, 0.4) is 0 Å². The van der Waals surface area contributed by atoms with E-state index in [0.717, 1.165) is 12.8 Å². The fraction of sp³-hybridized carbons (Fsp3) is 0.333. The molecule has 0 aliphatic heterocycles. The number of carbonyl (C=O) groups is 1. The van der Waals surface area contributed by atoms with E-state index < -0.39 is 0 Å². The Labute approximate surface area is 110 Å². The molecule has 1 amide bonds. The average molecular weight is 271 g/mol. The first-order valence-electron chi connectivity index (χ1n) is 5.37. The van der Waals surface area contributed by atoms with Crippen molar-refractivity contribution in [2.45, 2.75) is 18.9 Å². The van der Waals surface area contributed by atoms with Crippen LogP contribution in [-0.4, -0.2) is 28.4 Å². The Bertz CT molecular complexity index is 458. The van der Waals surface area contributed by atoms with Crippen LogP contribution in [0.5, 0.6) is 0 Å². The first-order valence-corrected chi connectivity index (χ1v) is 6.13. The molecule has 5 heteroatoms. The average Bonchev–Trinajstić information content (AvgIpc) is 3.12. The SMILES string of the molecule is C=CCN(C(=O)c1nc(Cl)ccc1Cl)C1CC1. The van der Waals surface area contributed by atoms with Gasteiger partial charge in [-0.3, -0.25) is 4.79 Å². The third kappa shape index (κ3) is 2.79. The Balaban J connectivity index is 2.27. The number of amides is 1. The summed E-state index contributed by atoms with van der Waals surface area (Å²) in [5, 5.41) is 0.598. The molecule has 0 N–H and O–H groups in total. The molecule has 0 aromatic carbocycles. The fourth-order valence-electron chi connectivity index (χ4n) is 1.63. The third-order valence-electron chi connectivity index (χ3n) is 2.59. The lowest BCUT2D eigenvalue weighted by molar-refractivity contribution is 0.0757. The van der Waals surface area contributed by atoms with Crippen LogP contribution in [0.4, 0.5) is 0 Å². The number of carbonyl (C=O) groups excluding carboxylic acids is 1. The predicted molar refractivity (Wildman–Crippen MR) is 68.5 cm³/mol. The van der Waals surface area contributed by atoms with Gasteiger partial charge in [0.15, 0.2) is 0 Å². The number of pyridine rings is 1. The molecule has 17 heavy (non-hydrogen) atoms. The Morgan fingerprint density at radius 3 is 2.82 bits per heavy atom. The minimum atomic E-state index is -0.181. The molecule has 0 bridgehead atoms. The molecule has 90 valence electrons. The Morgan fingerprint density at radius 2 is 2.24 bits per heavy atom. The highest BCUT2D eigenvalue weighted by molar-refractivity contribution is 6.34. The molecule has 1 saturated carbocycles. The van der Waals surface area contributed by atoms with Crippen LogP contribution >= 0.6 is 23.2 Å². The molecule has 1 aromatic rings. The van der Waals surface area contributed by atoms with E-state index in [2.05, 4.69) is 11.6 Å². The summed E-state index contributed by atoms with van der Waals surface area (Å²) in [6.07, 6.45) is 3.75. The predicted octanol–water partition coefficient (Wildman–Crippen LogP) is 3.18. The van der Waals surface area contributed by atoms with Crippen LogP contribution in [0.2, 0.25) is 10.2 Å². The highest BCUT2D eigenvalue weighted by Gasteiger charge is 2.33. The van der Waals surface area contributed by atoms with Gasteiger partial charge in [-0.05, 0) is 25.0 Å². The monoisotopic (exact) mass is 270 g/mol. The smallest absolute Gasteiger partial charge is 0.274 e. The number of hydrogen-bond acceptors (Lipinski definition) is 2. The maximum Gasteiger partial charge on any atom is 0.274 e. The molecule has 1 aliphatic carbocycles. The summed E-state index contributed by atoms with van der Waals surface area (Å²) in [5.41, 5.74) is 0.216. The van der Waals surface area contributed by atoms with Crippen LogP contribution in [-0.2, 0) is 0 Å². The van der Waals surface area contributed by atoms with Crippen molar-refractivity contribution in [1.29, 1.82) is 0 Å². The minimum absolute atomic E-state index is 0.181. The van der Waals surface area contributed by atoms with Crippen molar-refractivity contribution in [3.63, 3.8) is 0 Å². The molecule has 0 atom stereocenters. The lowest BCUT2D eigenvalue weighted by Gasteiger charge is -2.20. The summed E-state index contributed by atoms with van der Waals surface area (Å²) in [5.74, 6) is -0.181. The van der Waals surface area contributed by atoms with Gasteiger partial charge in [0, 0.05) is 12.6 Å². The van der Waals surface area contributed by atoms with Crippen LogP contribution < -0.4 is 0 Å². The molecule has 1 heterocycles. The lowest BCUT2D eigenvalue weighted by atomic mass is 10.3. The summed E-state index contributed by atoms with van der Waals surface area (Å²) in [4.78, 5) is 18.0. The Hall–Kier alpha value is -1.06. The van der Waals surface area contributed by atoms with Crippen molar-refractivity contribution >= 4 is 29.1 Å². The third-order valence-corrected chi connectivity index (χ3v) is 3.10. The normalized spacial score (nSPS) is 14.5.